The topological polar surface area (TPSA) is 70.1 Å². The average molecular weight is 283 g/mol. The van der Waals surface area contributed by atoms with Gasteiger partial charge in [0.1, 0.15) is 5.82 Å². The SMILES string of the molecule is CCOC(=O)c1ncn(CC2(SC)CCCC2)c1N. The van der Waals surface area contributed by atoms with Crippen LogP contribution >= 0.6 is 11.8 Å². The van der Waals surface area contributed by atoms with Gasteiger partial charge in [-0.05, 0) is 26.0 Å². The number of rotatable bonds is 5. The van der Waals surface area contributed by atoms with Crippen LogP contribution in [0.1, 0.15) is 43.1 Å². The lowest BCUT2D eigenvalue weighted by Gasteiger charge is -2.27. The van der Waals surface area contributed by atoms with Crippen molar-refractivity contribution in [3.63, 3.8) is 0 Å². The Morgan fingerprint density at radius 3 is 2.84 bits per heavy atom. The number of imidazole rings is 1. The Hall–Kier alpha value is -1.17. The third-order valence-corrected chi connectivity index (χ3v) is 5.16. The third kappa shape index (κ3) is 2.88. The number of esters is 1. The van der Waals surface area contributed by atoms with E-state index in [0.717, 1.165) is 6.54 Å². The average Bonchev–Trinajstić information content (AvgIpc) is 2.99. The fourth-order valence-corrected chi connectivity index (χ4v) is 3.60. The molecule has 106 valence electrons. The molecule has 0 amide bonds. The first-order valence-electron chi connectivity index (χ1n) is 6.65. The van der Waals surface area contributed by atoms with Crippen molar-refractivity contribution in [2.45, 2.75) is 43.9 Å². The number of carbonyl (C=O) groups excluding carboxylic acids is 1. The molecule has 2 rings (SSSR count). The van der Waals surface area contributed by atoms with Crippen LogP contribution in [-0.4, -0.2) is 33.1 Å². The Kier molecular flexibility index (Phi) is 4.39. The molecule has 5 nitrogen and oxygen atoms in total. The lowest BCUT2D eigenvalue weighted by molar-refractivity contribution is 0.0521. The maximum atomic E-state index is 11.7. The summed E-state index contributed by atoms with van der Waals surface area (Å²) >= 11 is 1.89. The number of nitrogen functional groups attached to an aromatic ring is 1. The van der Waals surface area contributed by atoms with Crippen LogP contribution in [0.3, 0.4) is 0 Å². The molecule has 0 spiro atoms. The molecule has 0 bridgehead atoms. The second-order valence-electron chi connectivity index (χ2n) is 4.92. The van der Waals surface area contributed by atoms with Gasteiger partial charge in [0.05, 0.1) is 12.9 Å². The Balaban J connectivity index is 2.15. The van der Waals surface area contributed by atoms with Gasteiger partial charge < -0.3 is 15.0 Å². The van der Waals surface area contributed by atoms with E-state index in [9.17, 15) is 4.79 Å². The van der Waals surface area contributed by atoms with Crippen LogP contribution < -0.4 is 5.73 Å². The maximum Gasteiger partial charge on any atom is 0.360 e. The van der Waals surface area contributed by atoms with Gasteiger partial charge in [0.25, 0.3) is 0 Å². The largest absolute Gasteiger partial charge is 0.461 e. The highest BCUT2D eigenvalue weighted by Gasteiger charge is 2.34. The van der Waals surface area contributed by atoms with Crippen molar-refractivity contribution in [3.8, 4) is 0 Å². The molecule has 0 radical (unpaired) electrons. The maximum absolute atomic E-state index is 11.7. The number of ether oxygens (including phenoxy) is 1. The zero-order valence-electron chi connectivity index (χ0n) is 11.5. The molecule has 1 aliphatic carbocycles. The molecule has 0 aromatic carbocycles. The first-order chi connectivity index (χ1) is 9.12. The van der Waals surface area contributed by atoms with Gasteiger partial charge >= 0.3 is 5.97 Å². The molecule has 0 atom stereocenters. The van der Waals surface area contributed by atoms with Crippen LogP contribution in [0.4, 0.5) is 5.82 Å². The molecule has 1 saturated carbocycles. The summed E-state index contributed by atoms with van der Waals surface area (Å²) in [7, 11) is 0. The number of nitrogens with zero attached hydrogens (tertiary/aromatic N) is 2. The molecule has 1 heterocycles. The van der Waals surface area contributed by atoms with Crippen molar-refractivity contribution < 1.29 is 9.53 Å². The Labute approximate surface area is 117 Å². The van der Waals surface area contributed by atoms with Gasteiger partial charge in [0, 0.05) is 11.3 Å². The molecule has 0 saturated heterocycles. The van der Waals surface area contributed by atoms with Crippen molar-refractivity contribution in [2.24, 2.45) is 0 Å². The van der Waals surface area contributed by atoms with Crippen molar-refractivity contribution >= 4 is 23.5 Å². The highest BCUT2D eigenvalue weighted by molar-refractivity contribution is 8.00. The third-order valence-electron chi connectivity index (χ3n) is 3.75. The van der Waals surface area contributed by atoms with Crippen molar-refractivity contribution in [2.75, 3.05) is 18.6 Å². The number of nitrogens with two attached hydrogens (primary N) is 1. The number of aromatic nitrogens is 2. The van der Waals surface area contributed by atoms with E-state index in [4.69, 9.17) is 10.5 Å². The van der Waals surface area contributed by atoms with E-state index in [1.165, 1.54) is 25.7 Å². The molecular weight excluding hydrogens is 262 g/mol. The predicted molar refractivity (Wildman–Crippen MR) is 77.3 cm³/mol. The number of hydrogen-bond acceptors (Lipinski definition) is 5. The molecule has 19 heavy (non-hydrogen) atoms. The Morgan fingerprint density at radius 1 is 1.58 bits per heavy atom. The van der Waals surface area contributed by atoms with Crippen LogP contribution in [-0.2, 0) is 11.3 Å². The monoisotopic (exact) mass is 283 g/mol. The van der Waals surface area contributed by atoms with Gasteiger partial charge in [-0.1, -0.05) is 12.8 Å². The first-order valence-corrected chi connectivity index (χ1v) is 7.87. The van der Waals surface area contributed by atoms with Gasteiger partial charge in [-0.25, -0.2) is 9.78 Å². The van der Waals surface area contributed by atoms with E-state index in [1.54, 1.807) is 13.3 Å². The molecule has 2 N–H and O–H groups in total. The Morgan fingerprint density at radius 2 is 2.26 bits per heavy atom. The fourth-order valence-electron chi connectivity index (χ4n) is 2.63. The number of hydrogen-bond donors (Lipinski definition) is 1. The predicted octanol–water partition coefficient (Wildman–Crippen LogP) is 2.32. The van der Waals surface area contributed by atoms with E-state index >= 15 is 0 Å². The summed E-state index contributed by atoms with van der Waals surface area (Å²) in [5.41, 5.74) is 6.25. The minimum atomic E-state index is -0.441. The highest BCUT2D eigenvalue weighted by Crippen LogP contribution is 2.41. The molecule has 1 fully saturated rings. The summed E-state index contributed by atoms with van der Waals surface area (Å²) in [5, 5.41) is 0. The summed E-state index contributed by atoms with van der Waals surface area (Å²) in [6, 6.07) is 0. The summed E-state index contributed by atoms with van der Waals surface area (Å²) in [6.45, 7) is 2.92. The van der Waals surface area contributed by atoms with E-state index in [-0.39, 0.29) is 10.4 Å². The van der Waals surface area contributed by atoms with Crippen LogP contribution in [0.5, 0.6) is 0 Å². The standard InChI is InChI=1S/C13H21N3O2S/c1-3-18-12(17)10-11(14)16(9-15-10)8-13(19-2)6-4-5-7-13/h9H,3-8,14H2,1-2H3. The van der Waals surface area contributed by atoms with Gasteiger partial charge in [0.2, 0.25) is 0 Å². The van der Waals surface area contributed by atoms with Crippen molar-refractivity contribution in [1.82, 2.24) is 9.55 Å². The molecule has 1 aromatic rings. The van der Waals surface area contributed by atoms with Gasteiger partial charge in [-0.15, -0.1) is 0 Å². The van der Waals surface area contributed by atoms with Crippen LogP contribution in [0, 0.1) is 0 Å². The number of anilines is 1. The smallest absolute Gasteiger partial charge is 0.360 e. The molecule has 6 heteroatoms. The van der Waals surface area contributed by atoms with Crippen LogP contribution in [0.15, 0.2) is 6.33 Å². The van der Waals surface area contributed by atoms with E-state index in [0.29, 0.717) is 12.4 Å². The second-order valence-corrected chi connectivity index (χ2v) is 6.20. The molecular formula is C13H21N3O2S. The summed E-state index contributed by atoms with van der Waals surface area (Å²) in [4.78, 5) is 15.8. The zero-order valence-corrected chi connectivity index (χ0v) is 12.3. The highest BCUT2D eigenvalue weighted by atomic mass is 32.2. The minimum absolute atomic E-state index is 0.232. The lowest BCUT2D eigenvalue weighted by Crippen LogP contribution is -2.27. The summed E-state index contributed by atoms with van der Waals surface area (Å²) < 4.78 is 7.06. The fraction of sp³-hybridized carbons (Fsp3) is 0.692. The second kappa shape index (κ2) is 5.86. The first kappa shape index (κ1) is 14.2. The van der Waals surface area contributed by atoms with Crippen LogP contribution in [0.2, 0.25) is 0 Å². The molecule has 0 unspecified atom stereocenters. The normalized spacial score (nSPS) is 17.6. The van der Waals surface area contributed by atoms with Gasteiger partial charge in [-0.2, -0.15) is 11.8 Å². The Bertz CT molecular complexity index is 453. The number of carbonyl (C=O) groups is 1. The zero-order chi connectivity index (χ0) is 13.9. The van der Waals surface area contributed by atoms with Crippen LogP contribution in [0.25, 0.3) is 0 Å². The van der Waals surface area contributed by atoms with E-state index in [1.807, 2.05) is 16.3 Å². The quantitative estimate of drug-likeness (QED) is 0.840. The molecule has 1 aliphatic rings. The van der Waals surface area contributed by atoms with E-state index in [2.05, 4.69) is 11.2 Å². The summed E-state index contributed by atoms with van der Waals surface area (Å²) in [5.74, 6) is -0.0258. The van der Waals surface area contributed by atoms with E-state index < -0.39 is 5.97 Å². The number of thioether (sulfide) groups is 1. The molecule has 0 aliphatic heterocycles. The minimum Gasteiger partial charge on any atom is -0.461 e. The van der Waals surface area contributed by atoms with Crippen molar-refractivity contribution in [3.05, 3.63) is 12.0 Å². The van der Waals surface area contributed by atoms with Gasteiger partial charge in [0.15, 0.2) is 5.69 Å². The molecule has 1 aromatic heterocycles. The van der Waals surface area contributed by atoms with Gasteiger partial charge in [-0.3, -0.25) is 0 Å². The lowest BCUT2D eigenvalue weighted by atomic mass is 10.1. The summed E-state index contributed by atoms with van der Waals surface area (Å²) in [6.07, 6.45) is 8.71. The van der Waals surface area contributed by atoms with Crippen molar-refractivity contribution in [1.29, 1.82) is 0 Å².